The normalized spacial score (nSPS) is 11.5. The summed E-state index contributed by atoms with van der Waals surface area (Å²) in [6.07, 6.45) is -4.55. The van der Waals surface area contributed by atoms with Crippen LogP contribution in [-0.2, 0) is 12.7 Å². The van der Waals surface area contributed by atoms with Crippen molar-refractivity contribution in [3.8, 4) is 5.69 Å². The molecule has 0 saturated heterocycles. The molecule has 0 saturated carbocycles. The lowest BCUT2D eigenvalue weighted by Crippen LogP contribution is -2.24. The van der Waals surface area contributed by atoms with Crippen molar-refractivity contribution in [2.45, 2.75) is 12.7 Å². The Morgan fingerprint density at radius 3 is 2.47 bits per heavy atom. The highest BCUT2D eigenvalue weighted by atomic mass is 32.1. The van der Waals surface area contributed by atoms with Crippen LogP contribution in [0.1, 0.15) is 21.5 Å². The van der Waals surface area contributed by atoms with Gasteiger partial charge in [0.2, 0.25) is 0 Å². The molecule has 5 nitrogen and oxygen atoms in total. The van der Waals surface area contributed by atoms with E-state index < -0.39 is 17.3 Å². The Balaban J connectivity index is 1.69. The lowest BCUT2D eigenvalue weighted by atomic mass is 10.1. The van der Waals surface area contributed by atoms with Gasteiger partial charge < -0.3 is 10.3 Å². The second kappa shape index (κ2) is 8.43. The second-order valence-corrected chi connectivity index (χ2v) is 7.43. The summed E-state index contributed by atoms with van der Waals surface area (Å²) in [4.78, 5) is 28.3. The van der Waals surface area contributed by atoms with Gasteiger partial charge in [-0.2, -0.15) is 13.2 Å². The number of hydrogen-bond acceptors (Lipinski definition) is 3. The Bertz CT molecular complexity index is 1430. The van der Waals surface area contributed by atoms with Crippen LogP contribution in [0.25, 0.3) is 16.6 Å². The Labute approximate surface area is 185 Å². The number of carbonyl (C=O) groups excluding carboxylic acids is 1. The van der Waals surface area contributed by atoms with Crippen molar-refractivity contribution in [1.29, 1.82) is 0 Å². The number of aromatic nitrogens is 2. The van der Waals surface area contributed by atoms with Crippen LogP contribution < -0.4 is 10.9 Å². The molecule has 2 N–H and O–H groups in total. The highest BCUT2D eigenvalue weighted by Gasteiger charge is 2.30. The van der Waals surface area contributed by atoms with Gasteiger partial charge in [-0.15, -0.1) is 0 Å². The summed E-state index contributed by atoms with van der Waals surface area (Å²) in [5.74, 6) is -0.336. The molecule has 0 aliphatic rings. The van der Waals surface area contributed by atoms with E-state index in [9.17, 15) is 22.8 Å². The third kappa shape index (κ3) is 4.33. The van der Waals surface area contributed by atoms with Crippen molar-refractivity contribution in [1.82, 2.24) is 14.9 Å². The molecule has 4 rings (SSSR count). The summed E-state index contributed by atoms with van der Waals surface area (Å²) in [7, 11) is 0. The number of halogens is 3. The van der Waals surface area contributed by atoms with E-state index in [-0.39, 0.29) is 21.8 Å². The molecule has 1 amide bonds. The topological polar surface area (TPSA) is 66.9 Å². The largest absolute Gasteiger partial charge is 0.416 e. The van der Waals surface area contributed by atoms with E-state index in [0.717, 1.165) is 22.3 Å². The van der Waals surface area contributed by atoms with Crippen LogP contribution in [0.2, 0.25) is 0 Å². The molecule has 3 aromatic carbocycles. The van der Waals surface area contributed by atoms with Crippen molar-refractivity contribution in [2.24, 2.45) is 0 Å². The van der Waals surface area contributed by atoms with Gasteiger partial charge in [-0.25, -0.2) is 0 Å². The predicted molar refractivity (Wildman–Crippen MR) is 117 cm³/mol. The minimum Gasteiger partial charge on any atom is -0.348 e. The van der Waals surface area contributed by atoms with E-state index in [4.69, 9.17) is 12.2 Å². The van der Waals surface area contributed by atoms with Crippen LogP contribution >= 0.6 is 12.2 Å². The number of fused-ring (bicyclic) bond motifs is 1. The van der Waals surface area contributed by atoms with Crippen LogP contribution in [0.3, 0.4) is 0 Å². The molecule has 0 unspecified atom stereocenters. The number of hydrogen-bond donors (Lipinski definition) is 2. The molecular weight excluding hydrogens is 439 g/mol. The molecule has 0 bridgehead atoms. The Morgan fingerprint density at radius 2 is 1.75 bits per heavy atom. The first-order chi connectivity index (χ1) is 15.2. The van der Waals surface area contributed by atoms with Gasteiger partial charge in [-0.05, 0) is 54.2 Å². The van der Waals surface area contributed by atoms with Gasteiger partial charge in [0.25, 0.3) is 11.5 Å². The van der Waals surface area contributed by atoms with Gasteiger partial charge in [0.15, 0.2) is 4.77 Å². The van der Waals surface area contributed by atoms with E-state index >= 15 is 0 Å². The minimum atomic E-state index is -4.55. The summed E-state index contributed by atoms with van der Waals surface area (Å²) in [6, 6.07) is 18.2. The standard InChI is InChI=1S/C23H16F3N3O2S/c24-23(25,26)16-7-4-8-17(12-16)29-21(31)18-10-9-15(11-19(18)28-22(29)32)20(30)27-13-14-5-2-1-3-6-14/h1-12H,13H2,(H,27,30)(H,28,32). The first kappa shape index (κ1) is 21.5. The average Bonchev–Trinajstić information content (AvgIpc) is 2.77. The van der Waals surface area contributed by atoms with Gasteiger partial charge in [-0.3, -0.25) is 14.2 Å². The van der Waals surface area contributed by atoms with Crippen molar-refractivity contribution < 1.29 is 18.0 Å². The maximum Gasteiger partial charge on any atom is 0.416 e. The number of nitrogens with one attached hydrogen (secondary N) is 2. The maximum atomic E-state index is 13.1. The van der Waals surface area contributed by atoms with E-state index in [1.807, 2.05) is 30.3 Å². The van der Waals surface area contributed by atoms with Crippen molar-refractivity contribution in [3.63, 3.8) is 0 Å². The minimum absolute atomic E-state index is 0.00217. The number of rotatable bonds is 4. The number of alkyl halides is 3. The maximum absolute atomic E-state index is 13.1. The Morgan fingerprint density at radius 1 is 1.00 bits per heavy atom. The van der Waals surface area contributed by atoms with Gasteiger partial charge >= 0.3 is 6.18 Å². The molecule has 9 heteroatoms. The fourth-order valence-electron chi connectivity index (χ4n) is 3.30. The zero-order valence-electron chi connectivity index (χ0n) is 16.4. The highest BCUT2D eigenvalue weighted by molar-refractivity contribution is 7.71. The first-order valence-corrected chi connectivity index (χ1v) is 9.94. The van der Waals surface area contributed by atoms with Crippen LogP contribution in [0.15, 0.2) is 77.6 Å². The number of benzene rings is 3. The lowest BCUT2D eigenvalue weighted by Gasteiger charge is -2.12. The lowest BCUT2D eigenvalue weighted by molar-refractivity contribution is -0.137. The second-order valence-electron chi connectivity index (χ2n) is 7.05. The van der Waals surface area contributed by atoms with E-state index in [1.54, 1.807) is 0 Å². The molecule has 162 valence electrons. The van der Waals surface area contributed by atoms with E-state index in [2.05, 4.69) is 10.3 Å². The molecule has 1 aromatic heterocycles. The SMILES string of the molecule is O=C(NCc1ccccc1)c1ccc2c(=O)n(-c3cccc(C(F)(F)F)c3)c(=S)[nH]c2c1. The van der Waals surface area contributed by atoms with Crippen LogP contribution in [0.4, 0.5) is 13.2 Å². The Hall–Kier alpha value is -3.72. The highest BCUT2D eigenvalue weighted by Crippen LogP contribution is 2.30. The molecule has 0 spiro atoms. The quantitative estimate of drug-likeness (QED) is 0.426. The van der Waals surface area contributed by atoms with Crippen molar-refractivity contribution in [2.75, 3.05) is 0 Å². The van der Waals surface area contributed by atoms with Gasteiger partial charge in [0.1, 0.15) is 0 Å². The molecular formula is C23H16F3N3O2S. The molecule has 0 radical (unpaired) electrons. The molecule has 4 aromatic rings. The first-order valence-electron chi connectivity index (χ1n) is 9.53. The molecule has 0 fully saturated rings. The smallest absolute Gasteiger partial charge is 0.348 e. The fraction of sp³-hybridized carbons (Fsp3) is 0.0870. The molecule has 0 atom stereocenters. The number of nitrogens with zero attached hydrogens (tertiary/aromatic N) is 1. The monoisotopic (exact) mass is 455 g/mol. The number of H-pyrrole nitrogens is 1. The van der Waals surface area contributed by atoms with Crippen molar-refractivity contribution in [3.05, 3.63) is 105 Å². The zero-order chi connectivity index (χ0) is 22.9. The predicted octanol–water partition coefficient (Wildman–Crippen LogP) is 5.00. The third-order valence-electron chi connectivity index (χ3n) is 4.89. The molecule has 0 aliphatic carbocycles. The van der Waals surface area contributed by atoms with Gasteiger partial charge in [-0.1, -0.05) is 36.4 Å². The fourth-order valence-corrected chi connectivity index (χ4v) is 3.59. The van der Waals surface area contributed by atoms with Crippen molar-refractivity contribution >= 4 is 29.0 Å². The van der Waals surface area contributed by atoms with Crippen LogP contribution in [-0.4, -0.2) is 15.5 Å². The third-order valence-corrected chi connectivity index (χ3v) is 5.17. The molecule has 1 heterocycles. The summed E-state index contributed by atoms with van der Waals surface area (Å²) < 4.78 is 40.1. The van der Waals surface area contributed by atoms with Crippen LogP contribution in [0.5, 0.6) is 0 Å². The summed E-state index contributed by atoms with van der Waals surface area (Å²) in [6.45, 7) is 0.338. The van der Waals surface area contributed by atoms with Gasteiger partial charge in [0, 0.05) is 12.1 Å². The van der Waals surface area contributed by atoms with Gasteiger partial charge in [0.05, 0.1) is 22.2 Å². The molecule has 0 aliphatic heterocycles. The van der Waals surface area contributed by atoms with Crippen LogP contribution in [0, 0.1) is 4.77 Å². The molecule has 32 heavy (non-hydrogen) atoms. The average molecular weight is 455 g/mol. The number of amides is 1. The zero-order valence-corrected chi connectivity index (χ0v) is 17.3. The van der Waals surface area contributed by atoms with E-state index in [1.165, 1.54) is 30.3 Å². The summed E-state index contributed by atoms with van der Waals surface area (Å²) in [5, 5.41) is 2.99. The summed E-state index contributed by atoms with van der Waals surface area (Å²) in [5.41, 5.74) is 0.0923. The number of aromatic amines is 1. The van der Waals surface area contributed by atoms with E-state index in [0.29, 0.717) is 17.6 Å². The number of carbonyl (C=O) groups is 1. The Kier molecular flexibility index (Phi) is 5.67. The summed E-state index contributed by atoms with van der Waals surface area (Å²) >= 11 is 5.24.